The topological polar surface area (TPSA) is 80.9 Å². The molecule has 5 aliphatic rings. The predicted octanol–water partition coefficient (Wildman–Crippen LogP) is 6.97. The molecule has 5 saturated carbocycles. The Kier molecular flexibility index (Phi) is 7.95. The zero-order valence-electron chi connectivity index (χ0n) is 26.4. The van der Waals surface area contributed by atoms with Gasteiger partial charge in [0.25, 0.3) is 0 Å². The van der Waals surface area contributed by atoms with Gasteiger partial charge < -0.3 is 20.4 Å². The minimum absolute atomic E-state index is 0.411. The number of hydrogen-bond acceptors (Lipinski definition) is 4. The van der Waals surface area contributed by atoms with Gasteiger partial charge in [0.05, 0.1) is 12.7 Å². The largest absolute Gasteiger partial charge is 0.394 e. The average molecular weight is 547 g/mol. The lowest BCUT2D eigenvalue weighted by Crippen LogP contribution is -2.65. The Balaban J connectivity index is 1.33. The quantitative estimate of drug-likeness (QED) is 0.278. The third kappa shape index (κ3) is 4.42. The summed E-state index contributed by atoms with van der Waals surface area (Å²) in [5, 5.41) is 39.5. The molecule has 0 spiro atoms. The van der Waals surface area contributed by atoms with E-state index in [9.17, 15) is 15.3 Å². The highest BCUT2D eigenvalue weighted by molar-refractivity contribution is 5.19. The van der Waals surface area contributed by atoms with Gasteiger partial charge in [-0.15, -0.1) is 0 Å². The van der Waals surface area contributed by atoms with Crippen LogP contribution in [0.3, 0.4) is 0 Å². The fourth-order valence-electron chi connectivity index (χ4n) is 13.2. The van der Waals surface area contributed by atoms with E-state index in [1.54, 1.807) is 0 Å². The normalized spacial score (nSPS) is 50.1. The lowest BCUT2D eigenvalue weighted by Gasteiger charge is -2.73. The van der Waals surface area contributed by atoms with Crippen molar-refractivity contribution in [2.75, 3.05) is 6.61 Å². The Hall–Kier alpha value is -0.160. The fourth-order valence-corrected chi connectivity index (χ4v) is 13.2. The van der Waals surface area contributed by atoms with Gasteiger partial charge >= 0.3 is 0 Å². The number of aliphatic hydroxyl groups excluding tert-OH is 4. The molecular formula is C35H62O4. The number of rotatable bonds is 7. The summed E-state index contributed by atoms with van der Waals surface area (Å²) in [5.41, 5.74) is 2.27. The standard InChI is InChI=1S/C35H62O4/c1-22(9-10-25(37)30(39)26(38)21-36)23-13-18-32(4)24(23)14-19-34(6)28(32)11-12-29-33(5)17-8-16-31(2,3)27(33)15-20-35(29,34)7/h22-30,36-39H,8-21H2,1-7H3/t22-,23-,24-,25-,26+,27+,28-,29-,30-,32+,33+,34-,35-/m1/s1. The summed E-state index contributed by atoms with van der Waals surface area (Å²) in [6, 6.07) is 0. The summed E-state index contributed by atoms with van der Waals surface area (Å²) in [5.74, 6) is 4.50. The molecule has 226 valence electrons. The summed E-state index contributed by atoms with van der Waals surface area (Å²) >= 11 is 0. The number of aliphatic hydroxyl groups is 4. The molecule has 39 heavy (non-hydrogen) atoms. The van der Waals surface area contributed by atoms with E-state index in [4.69, 9.17) is 5.11 Å². The van der Waals surface area contributed by atoms with Crippen LogP contribution in [0.2, 0.25) is 0 Å². The van der Waals surface area contributed by atoms with Crippen LogP contribution in [0.4, 0.5) is 0 Å². The van der Waals surface area contributed by atoms with Crippen molar-refractivity contribution in [3.63, 3.8) is 0 Å². The lowest BCUT2D eigenvalue weighted by atomic mass is 9.32. The van der Waals surface area contributed by atoms with Gasteiger partial charge in [0.1, 0.15) is 12.2 Å². The highest BCUT2D eigenvalue weighted by Gasteiger charge is 2.70. The van der Waals surface area contributed by atoms with Crippen LogP contribution in [0.15, 0.2) is 0 Å². The third-order valence-electron chi connectivity index (χ3n) is 15.4. The van der Waals surface area contributed by atoms with Crippen LogP contribution in [-0.4, -0.2) is 45.3 Å². The van der Waals surface area contributed by atoms with E-state index < -0.39 is 24.9 Å². The average Bonchev–Trinajstić information content (AvgIpc) is 3.23. The van der Waals surface area contributed by atoms with Crippen molar-refractivity contribution in [1.82, 2.24) is 0 Å². The molecule has 0 radical (unpaired) electrons. The molecule has 0 saturated heterocycles. The Labute approximate surface area is 239 Å². The second-order valence-corrected chi connectivity index (χ2v) is 17.2. The molecule has 0 heterocycles. The van der Waals surface area contributed by atoms with Gasteiger partial charge in [0.15, 0.2) is 0 Å². The van der Waals surface area contributed by atoms with Crippen molar-refractivity contribution in [2.45, 2.75) is 150 Å². The Bertz CT molecular complexity index is 888. The van der Waals surface area contributed by atoms with Crippen molar-refractivity contribution in [1.29, 1.82) is 0 Å². The highest BCUT2D eigenvalue weighted by atomic mass is 16.4. The van der Waals surface area contributed by atoms with E-state index in [2.05, 4.69) is 48.5 Å². The van der Waals surface area contributed by atoms with Crippen molar-refractivity contribution in [3.8, 4) is 0 Å². The van der Waals surface area contributed by atoms with Crippen LogP contribution in [0, 0.1) is 62.6 Å². The third-order valence-corrected chi connectivity index (χ3v) is 15.4. The SMILES string of the molecule is C[C@H](CC[C@@H](O)[C@@H](O)[C@@H](O)CO)[C@H]1CC[C@@]2(C)[C@@H]1CC[C@]1(C)[C@@H]2CC[C@@H]2[C@@]3(C)CCCC(C)(C)[C@@H]3CC[C@]21C. The highest BCUT2D eigenvalue weighted by Crippen LogP contribution is 2.78. The molecule has 0 aromatic rings. The van der Waals surface area contributed by atoms with Gasteiger partial charge in [-0.25, -0.2) is 0 Å². The second-order valence-electron chi connectivity index (χ2n) is 17.2. The fraction of sp³-hybridized carbons (Fsp3) is 1.00. The van der Waals surface area contributed by atoms with Crippen LogP contribution in [0.5, 0.6) is 0 Å². The van der Waals surface area contributed by atoms with Crippen molar-refractivity contribution < 1.29 is 20.4 Å². The first kappa shape index (κ1) is 30.3. The first-order valence-corrected chi connectivity index (χ1v) is 16.8. The van der Waals surface area contributed by atoms with E-state index >= 15 is 0 Å². The minimum atomic E-state index is -1.27. The van der Waals surface area contributed by atoms with E-state index in [-0.39, 0.29) is 0 Å². The molecule has 4 heteroatoms. The van der Waals surface area contributed by atoms with Crippen LogP contribution < -0.4 is 0 Å². The zero-order chi connectivity index (χ0) is 28.6. The minimum Gasteiger partial charge on any atom is -0.394 e. The van der Waals surface area contributed by atoms with Gasteiger partial charge in [-0.3, -0.25) is 0 Å². The van der Waals surface area contributed by atoms with Crippen LogP contribution in [0.1, 0.15) is 132 Å². The van der Waals surface area contributed by atoms with Crippen LogP contribution in [-0.2, 0) is 0 Å². The maximum Gasteiger partial charge on any atom is 0.108 e. The van der Waals surface area contributed by atoms with Crippen LogP contribution in [0.25, 0.3) is 0 Å². The first-order valence-electron chi connectivity index (χ1n) is 16.8. The monoisotopic (exact) mass is 546 g/mol. The summed E-state index contributed by atoms with van der Waals surface area (Å²) in [4.78, 5) is 0. The van der Waals surface area contributed by atoms with E-state index in [1.807, 2.05) is 0 Å². The van der Waals surface area contributed by atoms with Crippen LogP contribution >= 0.6 is 0 Å². The maximum absolute atomic E-state index is 10.4. The molecule has 5 fully saturated rings. The summed E-state index contributed by atoms with van der Waals surface area (Å²) in [6.45, 7) is 17.9. The second kappa shape index (κ2) is 10.2. The first-order chi connectivity index (χ1) is 18.2. The molecule has 5 rings (SSSR count). The molecule has 0 amide bonds. The van der Waals surface area contributed by atoms with Gasteiger partial charge in [-0.1, -0.05) is 54.9 Å². The van der Waals surface area contributed by atoms with E-state index in [0.717, 1.165) is 30.1 Å². The summed E-state index contributed by atoms with van der Waals surface area (Å²) in [7, 11) is 0. The molecular weight excluding hydrogens is 484 g/mol. The summed E-state index contributed by atoms with van der Waals surface area (Å²) in [6.07, 6.45) is 13.2. The Morgan fingerprint density at radius 2 is 1.26 bits per heavy atom. The Morgan fingerprint density at radius 1 is 0.641 bits per heavy atom. The van der Waals surface area contributed by atoms with Gasteiger partial charge in [-0.05, 0) is 140 Å². The molecule has 0 aliphatic heterocycles. The van der Waals surface area contributed by atoms with E-state index in [0.29, 0.717) is 45.3 Å². The van der Waals surface area contributed by atoms with Crippen molar-refractivity contribution in [2.24, 2.45) is 62.6 Å². The van der Waals surface area contributed by atoms with Crippen molar-refractivity contribution in [3.05, 3.63) is 0 Å². The predicted molar refractivity (Wildman–Crippen MR) is 158 cm³/mol. The lowest BCUT2D eigenvalue weighted by molar-refractivity contribution is -0.241. The molecule has 5 aliphatic carbocycles. The zero-order valence-corrected chi connectivity index (χ0v) is 26.4. The molecule has 4 N–H and O–H groups in total. The smallest absolute Gasteiger partial charge is 0.108 e. The van der Waals surface area contributed by atoms with Gasteiger partial charge in [0, 0.05) is 0 Å². The Morgan fingerprint density at radius 3 is 1.90 bits per heavy atom. The van der Waals surface area contributed by atoms with Gasteiger partial charge in [-0.2, -0.15) is 0 Å². The summed E-state index contributed by atoms with van der Waals surface area (Å²) < 4.78 is 0. The molecule has 13 atom stereocenters. The molecule has 0 unspecified atom stereocenters. The number of hydrogen-bond donors (Lipinski definition) is 4. The molecule has 0 aromatic heterocycles. The van der Waals surface area contributed by atoms with E-state index in [1.165, 1.54) is 70.6 Å². The van der Waals surface area contributed by atoms with Gasteiger partial charge in [0.2, 0.25) is 0 Å². The molecule has 4 nitrogen and oxygen atoms in total. The maximum atomic E-state index is 10.4. The number of fused-ring (bicyclic) bond motifs is 7. The molecule has 0 aromatic carbocycles. The molecule has 0 bridgehead atoms. The van der Waals surface area contributed by atoms with Crippen molar-refractivity contribution >= 4 is 0 Å².